The van der Waals surface area contributed by atoms with Crippen molar-refractivity contribution in [2.75, 3.05) is 16.8 Å². The third-order valence-corrected chi connectivity index (χ3v) is 3.79. The van der Waals surface area contributed by atoms with Crippen molar-refractivity contribution in [2.24, 2.45) is 0 Å². The predicted molar refractivity (Wildman–Crippen MR) is 77.2 cm³/mol. The van der Waals surface area contributed by atoms with Crippen molar-refractivity contribution in [3.63, 3.8) is 0 Å². The first-order valence-electron chi connectivity index (χ1n) is 5.74. The molecule has 0 aliphatic carbocycles. The summed E-state index contributed by atoms with van der Waals surface area (Å²) in [4.78, 5) is 12.4. The number of nitrogens with one attached hydrogen (secondary N) is 1. The molecule has 5 heteroatoms. The van der Waals surface area contributed by atoms with Crippen LogP contribution >= 0.6 is 0 Å². The highest BCUT2D eigenvalue weighted by Crippen LogP contribution is 2.11. The van der Waals surface area contributed by atoms with Gasteiger partial charge in [-0.2, -0.15) is 0 Å². The number of carbonyl (C=O) groups excluding carboxylic acids is 1. The molecule has 2 rings (SSSR count). The number of anilines is 2. The largest absolute Gasteiger partial charge is 0.399 e. The number of amides is 1. The van der Waals surface area contributed by atoms with Crippen molar-refractivity contribution < 1.29 is 9.00 Å². The highest BCUT2D eigenvalue weighted by Gasteiger charge is 2.09. The molecule has 1 unspecified atom stereocenters. The third kappa shape index (κ3) is 3.93. The van der Waals surface area contributed by atoms with Crippen LogP contribution in [0.25, 0.3) is 0 Å². The third-order valence-electron chi connectivity index (χ3n) is 2.46. The van der Waals surface area contributed by atoms with Crippen LogP contribution in [0.1, 0.15) is 0 Å². The number of benzene rings is 2. The summed E-state index contributed by atoms with van der Waals surface area (Å²) in [6, 6.07) is 15.7. The summed E-state index contributed by atoms with van der Waals surface area (Å²) in [7, 11) is -1.33. The van der Waals surface area contributed by atoms with E-state index in [-0.39, 0.29) is 11.7 Å². The number of hydrogen-bond donors (Lipinski definition) is 2. The number of hydrogen-bond acceptors (Lipinski definition) is 3. The monoisotopic (exact) mass is 274 g/mol. The Hall–Kier alpha value is -2.14. The molecule has 0 fully saturated rings. The summed E-state index contributed by atoms with van der Waals surface area (Å²) in [6.45, 7) is 0. The van der Waals surface area contributed by atoms with E-state index in [9.17, 15) is 9.00 Å². The standard InChI is InChI=1S/C14H14N2O2S/c15-11-6-8-12(9-7-11)16-14(17)10-19(18)13-4-2-1-3-5-13/h1-9H,10,15H2,(H,16,17). The first kappa shape index (κ1) is 13.3. The van der Waals surface area contributed by atoms with Crippen molar-refractivity contribution in [3.05, 3.63) is 54.6 Å². The van der Waals surface area contributed by atoms with Gasteiger partial charge in [0.15, 0.2) is 0 Å². The average molecular weight is 274 g/mol. The minimum atomic E-state index is -1.33. The molecule has 2 aromatic rings. The maximum atomic E-state index is 11.9. The molecule has 0 heterocycles. The molecule has 0 saturated carbocycles. The zero-order valence-electron chi connectivity index (χ0n) is 10.2. The van der Waals surface area contributed by atoms with E-state index < -0.39 is 10.8 Å². The lowest BCUT2D eigenvalue weighted by Crippen LogP contribution is -2.19. The molecular formula is C14H14N2O2S. The molecule has 0 saturated heterocycles. The van der Waals surface area contributed by atoms with Crippen molar-refractivity contribution in [1.82, 2.24) is 0 Å². The van der Waals surface area contributed by atoms with Crippen LogP contribution in [0.15, 0.2) is 59.5 Å². The molecule has 3 N–H and O–H groups in total. The van der Waals surface area contributed by atoms with Gasteiger partial charge in [-0.25, -0.2) is 0 Å². The summed E-state index contributed by atoms with van der Waals surface area (Å²) < 4.78 is 11.9. The summed E-state index contributed by atoms with van der Waals surface area (Å²) in [5.74, 6) is -0.346. The lowest BCUT2D eigenvalue weighted by molar-refractivity contribution is -0.113. The van der Waals surface area contributed by atoms with Crippen LogP contribution in [0.2, 0.25) is 0 Å². The molecular weight excluding hydrogens is 260 g/mol. The second kappa shape index (κ2) is 6.15. The Labute approximate surface area is 114 Å². The highest BCUT2D eigenvalue weighted by atomic mass is 32.2. The number of carbonyl (C=O) groups is 1. The second-order valence-corrected chi connectivity index (χ2v) is 5.42. The van der Waals surface area contributed by atoms with Gasteiger partial charge in [0.1, 0.15) is 5.75 Å². The Kier molecular flexibility index (Phi) is 4.30. The summed E-state index contributed by atoms with van der Waals surface area (Å²) in [5.41, 5.74) is 6.83. The average Bonchev–Trinajstić information content (AvgIpc) is 2.42. The quantitative estimate of drug-likeness (QED) is 0.838. The first-order valence-corrected chi connectivity index (χ1v) is 7.06. The fraction of sp³-hybridized carbons (Fsp3) is 0.0714. The molecule has 2 aromatic carbocycles. The van der Waals surface area contributed by atoms with Gasteiger partial charge in [0.05, 0.1) is 10.8 Å². The molecule has 0 spiro atoms. The molecule has 0 aliphatic rings. The molecule has 19 heavy (non-hydrogen) atoms. The number of nitrogens with two attached hydrogens (primary N) is 1. The summed E-state index contributed by atoms with van der Waals surface area (Å²) in [5, 5.41) is 2.68. The minimum absolute atomic E-state index is 0.0611. The van der Waals surface area contributed by atoms with Crippen LogP contribution in [0.3, 0.4) is 0 Å². The molecule has 4 nitrogen and oxygen atoms in total. The van der Waals surface area contributed by atoms with Crippen molar-refractivity contribution in [2.45, 2.75) is 4.90 Å². The fourth-order valence-corrected chi connectivity index (χ4v) is 2.48. The zero-order chi connectivity index (χ0) is 13.7. The van der Waals surface area contributed by atoms with Crippen molar-refractivity contribution in [1.29, 1.82) is 0 Å². The molecule has 1 amide bonds. The zero-order valence-corrected chi connectivity index (χ0v) is 11.0. The van der Waals surface area contributed by atoms with Crippen molar-refractivity contribution >= 4 is 28.1 Å². The number of rotatable bonds is 4. The van der Waals surface area contributed by atoms with E-state index in [4.69, 9.17) is 5.73 Å². The Morgan fingerprint density at radius 3 is 2.32 bits per heavy atom. The fourth-order valence-electron chi connectivity index (χ4n) is 1.54. The summed E-state index contributed by atoms with van der Waals surface area (Å²) >= 11 is 0. The molecule has 0 aliphatic heterocycles. The molecule has 98 valence electrons. The van der Waals surface area contributed by atoms with Gasteiger partial charge >= 0.3 is 0 Å². The van der Waals surface area contributed by atoms with E-state index in [2.05, 4.69) is 5.32 Å². The van der Waals surface area contributed by atoms with E-state index in [0.717, 1.165) is 0 Å². The Balaban J connectivity index is 1.95. The molecule has 0 radical (unpaired) electrons. The maximum absolute atomic E-state index is 11.9. The van der Waals surface area contributed by atoms with E-state index >= 15 is 0 Å². The second-order valence-electron chi connectivity index (χ2n) is 3.97. The summed E-state index contributed by atoms with van der Waals surface area (Å²) in [6.07, 6.45) is 0. The van der Waals surface area contributed by atoms with E-state index in [0.29, 0.717) is 16.3 Å². The van der Waals surface area contributed by atoms with Crippen LogP contribution in [0.5, 0.6) is 0 Å². The number of nitrogen functional groups attached to an aromatic ring is 1. The van der Waals surface area contributed by atoms with Gasteiger partial charge in [-0.15, -0.1) is 0 Å². The van der Waals surface area contributed by atoms with Gasteiger partial charge in [0.2, 0.25) is 5.91 Å². The predicted octanol–water partition coefficient (Wildman–Crippen LogP) is 2.02. The van der Waals surface area contributed by atoms with Crippen LogP contribution in [-0.2, 0) is 15.6 Å². The normalized spacial score (nSPS) is 11.8. The van der Waals surface area contributed by atoms with Crippen LogP contribution < -0.4 is 11.1 Å². The maximum Gasteiger partial charge on any atom is 0.237 e. The van der Waals surface area contributed by atoms with E-state index in [1.807, 2.05) is 6.07 Å². The van der Waals surface area contributed by atoms with Gasteiger partial charge in [0, 0.05) is 16.3 Å². The molecule has 1 atom stereocenters. The highest BCUT2D eigenvalue weighted by molar-refractivity contribution is 7.85. The van der Waals surface area contributed by atoms with Crippen LogP contribution in [0.4, 0.5) is 11.4 Å². The van der Waals surface area contributed by atoms with Crippen LogP contribution in [-0.4, -0.2) is 15.9 Å². The Morgan fingerprint density at radius 2 is 1.68 bits per heavy atom. The lowest BCUT2D eigenvalue weighted by atomic mass is 10.3. The molecule has 0 bridgehead atoms. The van der Waals surface area contributed by atoms with Gasteiger partial charge < -0.3 is 11.1 Å². The Morgan fingerprint density at radius 1 is 1.05 bits per heavy atom. The Bertz CT molecular complexity index is 582. The molecule has 0 aromatic heterocycles. The smallest absolute Gasteiger partial charge is 0.237 e. The van der Waals surface area contributed by atoms with Crippen LogP contribution in [0, 0.1) is 0 Å². The van der Waals surface area contributed by atoms with Gasteiger partial charge in [-0.05, 0) is 36.4 Å². The topological polar surface area (TPSA) is 72.2 Å². The van der Waals surface area contributed by atoms with Gasteiger partial charge in [-0.3, -0.25) is 9.00 Å². The van der Waals surface area contributed by atoms with Crippen molar-refractivity contribution in [3.8, 4) is 0 Å². The minimum Gasteiger partial charge on any atom is -0.399 e. The van der Waals surface area contributed by atoms with E-state index in [1.165, 1.54) is 0 Å². The van der Waals surface area contributed by atoms with Gasteiger partial charge in [0.25, 0.3) is 0 Å². The first-order chi connectivity index (χ1) is 9.15. The lowest BCUT2D eigenvalue weighted by Gasteiger charge is -2.05. The SMILES string of the molecule is Nc1ccc(NC(=O)CS(=O)c2ccccc2)cc1. The van der Waals surface area contributed by atoms with Gasteiger partial charge in [-0.1, -0.05) is 18.2 Å². The van der Waals surface area contributed by atoms with E-state index in [1.54, 1.807) is 48.5 Å².